The fraction of sp³-hybridized carbons (Fsp3) is 0.0196. The smallest absolute Gasteiger partial charge is 0.160 e. The van der Waals surface area contributed by atoms with Crippen molar-refractivity contribution in [3.63, 3.8) is 0 Å². The number of aromatic nitrogens is 4. The van der Waals surface area contributed by atoms with Crippen LogP contribution < -0.4 is 0 Å². The largest absolute Gasteiger partial charge is 0.317 e. The molecule has 0 fully saturated rings. The summed E-state index contributed by atoms with van der Waals surface area (Å²) in [5.74, 6) is 0.699. The Morgan fingerprint density at radius 1 is 0.527 bits per heavy atom. The SMILES string of the molecule is C=C1C=C(c2ccc(-c3nc(-c4ccc(-n5c6ccccc6c6cc7c(ccn7-c7ccccc7)cc65)cc4)nc4ccccc34)cc2)/C=C\C/C=C\C=C/1. The molecule has 0 radical (unpaired) electrons. The van der Waals surface area contributed by atoms with Gasteiger partial charge in [-0.1, -0.05) is 122 Å². The van der Waals surface area contributed by atoms with E-state index in [0.717, 1.165) is 62.2 Å². The van der Waals surface area contributed by atoms with E-state index in [-0.39, 0.29) is 0 Å². The Balaban J connectivity index is 1.04. The second-order valence-electron chi connectivity index (χ2n) is 13.9. The standard InChI is InChI=1S/C51H36N4/c1-35-14-6-3-2-4-7-15-39(32-35)36-22-24-37(25-23-36)50-44-19-10-12-20-46(44)52-51(53-50)38-26-28-42(29-27-38)55-47-21-13-11-18-43(47)45-34-48-40(33-49(45)55)30-31-54(48)41-16-8-5-9-17-41/h2-3,5-34H,1,4H2/b3-2-,14-6-,15-7-,39-32?. The minimum atomic E-state index is 0.699. The van der Waals surface area contributed by atoms with Crippen molar-refractivity contribution in [3.8, 4) is 34.0 Å². The quantitative estimate of drug-likeness (QED) is 0.179. The van der Waals surface area contributed by atoms with Crippen LogP contribution in [0.25, 0.3) is 83.2 Å². The van der Waals surface area contributed by atoms with Gasteiger partial charge in [0.15, 0.2) is 5.82 Å². The van der Waals surface area contributed by atoms with Crippen LogP contribution in [0.5, 0.6) is 0 Å². The lowest BCUT2D eigenvalue weighted by atomic mass is 9.98. The first-order valence-corrected chi connectivity index (χ1v) is 18.7. The molecule has 10 rings (SSSR count). The van der Waals surface area contributed by atoms with Gasteiger partial charge < -0.3 is 9.13 Å². The van der Waals surface area contributed by atoms with Crippen LogP contribution in [-0.2, 0) is 0 Å². The number of hydrogen-bond acceptors (Lipinski definition) is 2. The van der Waals surface area contributed by atoms with Crippen molar-refractivity contribution in [3.05, 3.63) is 212 Å². The van der Waals surface area contributed by atoms with E-state index in [0.29, 0.717) is 5.82 Å². The monoisotopic (exact) mass is 704 g/mol. The maximum absolute atomic E-state index is 5.22. The van der Waals surface area contributed by atoms with Crippen molar-refractivity contribution >= 4 is 49.2 Å². The fourth-order valence-electron chi connectivity index (χ4n) is 7.78. The summed E-state index contributed by atoms with van der Waals surface area (Å²) in [6, 6.07) is 51.7. The van der Waals surface area contributed by atoms with Crippen LogP contribution >= 0.6 is 0 Å². The molecular formula is C51H36N4. The molecule has 4 nitrogen and oxygen atoms in total. The van der Waals surface area contributed by atoms with E-state index in [1.165, 1.54) is 32.7 Å². The molecule has 55 heavy (non-hydrogen) atoms. The van der Waals surface area contributed by atoms with Crippen molar-refractivity contribution in [1.82, 2.24) is 19.1 Å². The van der Waals surface area contributed by atoms with Crippen LogP contribution in [0.2, 0.25) is 0 Å². The minimum Gasteiger partial charge on any atom is -0.317 e. The molecule has 9 aromatic rings. The highest BCUT2D eigenvalue weighted by molar-refractivity contribution is 6.13. The number of benzene rings is 6. The lowest BCUT2D eigenvalue weighted by Gasteiger charge is -2.12. The molecule has 0 spiro atoms. The molecule has 0 amide bonds. The van der Waals surface area contributed by atoms with Crippen molar-refractivity contribution in [1.29, 1.82) is 0 Å². The Morgan fingerprint density at radius 2 is 1.27 bits per heavy atom. The highest BCUT2D eigenvalue weighted by Crippen LogP contribution is 2.37. The van der Waals surface area contributed by atoms with Crippen molar-refractivity contribution in [2.75, 3.05) is 0 Å². The summed E-state index contributed by atoms with van der Waals surface area (Å²) in [5.41, 5.74) is 12.8. The molecule has 0 unspecified atom stereocenters. The molecule has 0 N–H and O–H groups in total. The molecule has 1 aliphatic carbocycles. The number of rotatable bonds is 5. The van der Waals surface area contributed by atoms with Gasteiger partial charge in [0.25, 0.3) is 0 Å². The van der Waals surface area contributed by atoms with E-state index in [1.807, 2.05) is 18.2 Å². The predicted octanol–water partition coefficient (Wildman–Crippen LogP) is 13.0. The summed E-state index contributed by atoms with van der Waals surface area (Å²) < 4.78 is 4.64. The molecule has 0 saturated heterocycles. The number of hydrogen-bond donors (Lipinski definition) is 0. The van der Waals surface area contributed by atoms with Crippen LogP contribution in [0.3, 0.4) is 0 Å². The van der Waals surface area contributed by atoms with Gasteiger partial charge in [-0.05, 0) is 95.9 Å². The van der Waals surface area contributed by atoms with Crippen LogP contribution in [0.15, 0.2) is 206 Å². The topological polar surface area (TPSA) is 35.6 Å². The summed E-state index contributed by atoms with van der Waals surface area (Å²) in [6.45, 7) is 4.22. The van der Waals surface area contributed by atoms with Gasteiger partial charge in [-0.25, -0.2) is 9.97 Å². The predicted molar refractivity (Wildman–Crippen MR) is 231 cm³/mol. The zero-order chi connectivity index (χ0) is 36.7. The molecule has 3 heterocycles. The maximum Gasteiger partial charge on any atom is 0.160 e. The molecule has 0 atom stereocenters. The van der Waals surface area contributed by atoms with Crippen molar-refractivity contribution in [2.45, 2.75) is 6.42 Å². The zero-order valence-electron chi connectivity index (χ0n) is 30.2. The highest BCUT2D eigenvalue weighted by atomic mass is 15.0. The second kappa shape index (κ2) is 13.6. The van der Waals surface area contributed by atoms with E-state index in [4.69, 9.17) is 9.97 Å². The number of allylic oxidation sites excluding steroid dienone is 9. The summed E-state index contributed by atoms with van der Waals surface area (Å²) in [4.78, 5) is 10.3. The first kappa shape index (κ1) is 32.4. The second-order valence-corrected chi connectivity index (χ2v) is 13.9. The first-order valence-electron chi connectivity index (χ1n) is 18.7. The Morgan fingerprint density at radius 3 is 2.13 bits per heavy atom. The van der Waals surface area contributed by atoms with E-state index in [1.54, 1.807) is 0 Å². The zero-order valence-corrected chi connectivity index (χ0v) is 30.2. The molecule has 260 valence electrons. The molecule has 1 aliphatic rings. The van der Waals surface area contributed by atoms with Gasteiger partial charge in [-0.15, -0.1) is 0 Å². The molecule has 0 saturated carbocycles. The first-order chi connectivity index (χ1) is 27.2. The third kappa shape index (κ3) is 5.91. The minimum absolute atomic E-state index is 0.699. The van der Waals surface area contributed by atoms with Gasteiger partial charge in [0.1, 0.15) is 0 Å². The van der Waals surface area contributed by atoms with Crippen LogP contribution in [0.1, 0.15) is 12.0 Å². The third-order valence-corrected chi connectivity index (χ3v) is 10.5. The van der Waals surface area contributed by atoms with Crippen molar-refractivity contribution in [2.24, 2.45) is 0 Å². The lowest BCUT2D eigenvalue weighted by molar-refractivity contribution is 1.13. The van der Waals surface area contributed by atoms with E-state index >= 15 is 0 Å². The molecule has 3 aromatic heterocycles. The van der Waals surface area contributed by atoms with Crippen LogP contribution in [0, 0.1) is 0 Å². The van der Waals surface area contributed by atoms with Gasteiger partial charge in [0.05, 0.1) is 27.8 Å². The van der Waals surface area contributed by atoms with E-state index in [9.17, 15) is 0 Å². The molecular weight excluding hydrogens is 669 g/mol. The fourth-order valence-corrected chi connectivity index (χ4v) is 7.78. The van der Waals surface area contributed by atoms with Crippen molar-refractivity contribution < 1.29 is 0 Å². The Hall–Kier alpha value is -7.30. The summed E-state index contributed by atoms with van der Waals surface area (Å²) in [7, 11) is 0. The summed E-state index contributed by atoms with van der Waals surface area (Å²) in [6.07, 6.45) is 17.8. The normalized spacial score (nSPS) is 15.1. The van der Waals surface area contributed by atoms with Gasteiger partial charge >= 0.3 is 0 Å². The molecule has 0 bridgehead atoms. The highest BCUT2D eigenvalue weighted by Gasteiger charge is 2.17. The molecule has 6 aromatic carbocycles. The Kier molecular flexibility index (Phi) is 8.00. The maximum atomic E-state index is 5.22. The average molecular weight is 705 g/mol. The summed E-state index contributed by atoms with van der Waals surface area (Å²) in [5, 5.41) is 4.68. The Labute approximate surface area is 319 Å². The lowest BCUT2D eigenvalue weighted by Crippen LogP contribution is -1.97. The van der Waals surface area contributed by atoms with Crippen LogP contribution in [-0.4, -0.2) is 19.1 Å². The molecule has 4 heteroatoms. The van der Waals surface area contributed by atoms with E-state index in [2.05, 4.69) is 192 Å². The average Bonchev–Trinajstić information content (AvgIpc) is 3.80. The number of fused-ring (bicyclic) bond motifs is 5. The van der Waals surface area contributed by atoms with E-state index < -0.39 is 0 Å². The molecule has 0 aliphatic heterocycles. The van der Waals surface area contributed by atoms with Gasteiger partial charge in [-0.3, -0.25) is 0 Å². The van der Waals surface area contributed by atoms with Crippen LogP contribution in [0.4, 0.5) is 0 Å². The summed E-state index contributed by atoms with van der Waals surface area (Å²) >= 11 is 0. The number of para-hydroxylation sites is 3. The van der Waals surface area contributed by atoms with Gasteiger partial charge in [-0.2, -0.15) is 0 Å². The van der Waals surface area contributed by atoms with Gasteiger partial charge in [0, 0.05) is 50.2 Å². The van der Waals surface area contributed by atoms with Gasteiger partial charge in [0.2, 0.25) is 0 Å². The number of nitrogens with zero attached hydrogens (tertiary/aromatic N) is 4. The third-order valence-electron chi connectivity index (χ3n) is 10.5. The Bertz CT molecular complexity index is 3040.